The molecule has 5 heteroatoms. The van der Waals surface area contributed by atoms with Crippen molar-refractivity contribution in [3.05, 3.63) is 65.5 Å². The molecule has 2 N–H and O–H groups in total. The van der Waals surface area contributed by atoms with E-state index in [-0.39, 0.29) is 18.3 Å². The Morgan fingerprint density at radius 3 is 2.67 bits per heavy atom. The molecule has 0 bridgehead atoms. The van der Waals surface area contributed by atoms with Crippen LogP contribution in [0.1, 0.15) is 22.0 Å². The molecular formula is C16H16FNO3. The first kappa shape index (κ1) is 15.0. The predicted octanol–water partition coefficient (Wildman–Crippen LogP) is 2.30. The molecule has 1 amide bonds. The number of ether oxygens (including phenoxy) is 1. The van der Waals surface area contributed by atoms with Gasteiger partial charge in [0.15, 0.2) is 0 Å². The predicted molar refractivity (Wildman–Crippen MR) is 76.7 cm³/mol. The molecule has 0 aliphatic heterocycles. The van der Waals surface area contributed by atoms with Crippen LogP contribution in [0.25, 0.3) is 0 Å². The molecule has 2 aromatic rings. The van der Waals surface area contributed by atoms with Gasteiger partial charge >= 0.3 is 0 Å². The lowest BCUT2D eigenvalue weighted by Gasteiger charge is -2.13. The smallest absolute Gasteiger partial charge is 0.251 e. The number of aliphatic hydroxyl groups is 1. The zero-order valence-corrected chi connectivity index (χ0v) is 11.5. The summed E-state index contributed by atoms with van der Waals surface area (Å²) in [6, 6.07) is 12.2. The molecule has 4 nitrogen and oxygen atoms in total. The number of hydrogen-bond acceptors (Lipinski definition) is 3. The standard InChI is InChI=1S/C16H16FNO3/c1-18-16(20)12-3-2-4-14(9-12)21-10-15(19)11-5-7-13(17)8-6-11/h2-9,15,19H,10H2,1H3,(H,18,20). The molecule has 0 heterocycles. The summed E-state index contributed by atoms with van der Waals surface area (Å²) in [6.45, 7) is 0.0167. The van der Waals surface area contributed by atoms with Gasteiger partial charge in [-0.3, -0.25) is 4.79 Å². The van der Waals surface area contributed by atoms with Gasteiger partial charge in [-0.05, 0) is 35.9 Å². The van der Waals surface area contributed by atoms with Crippen molar-refractivity contribution in [2.75, 3.05) is 13.7 Å². The van der Waals surface area contributed by atoms with Gasteiger partial charge in [-0.25, -0.2) is 4.39 Å². The average Bonchev–Trinajstić information content (AvgIpc) is 2.52. The summed E-state index contributed by atoms with van der Waals surface area (Å²) in [6.07, 6.45) is -0.866. The highest BCUT2D eigenvalue weighted by Gasteiger charge is 2.10. The van der Waals surface area contributed by atoms with Gasteiger partial charge in [-0.2, -0.15) is 0 Å². The van der Waals surface area contributed by atoms with Crippen molar-refractivity contribution >= 4 is 5.91 Å². The molecule has 0 aliphatic carbocycles. The van der Waals surface area contributed by atoms with Crippen LogP contribution in [-0.4, -0.2) is 24.7 Å². The second-order valence-electron chi connectivity index (χ2n) is 4.49. The molecular weight excluding hydrogens is 273 g/mol. The van der Waals surface area contributed by atoms with Crippen LogP contribution < -0.4 is 10.1 Å². The molecule has 21 heavy (non-hydrogen) atoms. The molecule has 2 rings (SSSR count). The fourth-order valence-electron chi connectivity index (χ4n) is 1.83. The fraction of sp³-hybridized carbons (Fsp3) is 0.188. The number of hydrogen-bond donors (Lipinski definition) is 2. The van der Waals surface area contributed by atoms with E-state index in [1.807, 2.05) is 0 Å². The van der Waals surface area contributed by atoms with E-state index in [2.05, 4.69) is 5.32 Å². The van der Waals surface area contributed by atoms with Crippen LogP contribution in [0.15, 0.2) is 48.5 Å². The topological polar surface area (TPSA) is 58.6 Å². The van der Waals surface area contributed by atoms with Crippen molar-refractivity contribution in [1.29, 1.82) is 0 Å². The third-order valence-corrected chi connectivity index (χ3v) is 2.99. The number of amides is 1. The van der Waals surface area contributed by atoms with E-state index in [1.54, 1.807) is 31.3 Å². The number of nitrogens with one attached hydrogen (secondary N) is 1. The van der Waals surface area contributed by atoms with Gasteiger partial charge in [-0.15, -0.1) is 0 Å². The highest BCUT2D eigenvalue weighted by Crippen LogP contribution is 2.18. The lowest BCUT2D eigenvalue weighted by Crippen LogP contribution is -2.17. The Balaban J connectivity index is 1.99. The zero-order chi connectivity index (χ0) is 15.2. The summed E-state index contributed by atoms with van der Waals surface area (Å²) >= 11 is 0. The van der Waals surface area contributed by atoms with Gasteiger partial charge in [0.05, 0.1) is 0 Å². The van der Waals surface area contributed by atoms with E-state index in [1.165, 1.54) is 24.3 Å². The maximum Gasteiger partial charge on any atom is 0.251 e. The molecule has 2 aromatic carbocycles. The average molecular weight is 289 g/mol. The van der Waals surface area contributed by atoms with Crippen molar-refractivity contribution in [2.24, 2.45) is 0 Å². The van der Waals surface area contributed by atoms with E-state index >= 15 is 0 Å². The largest absolute Gasteiger partial charge is 0.491 e. The lowest BCUT2D eigenvalue weighted by molar-refractivity contribution is 0.0961. The molecule has 0 fully saturated rings. The van der Waals surface area contributed by atoms with Gasteiger partial charge < -0.3 is 15.2 Å². The van der Waals surface area contributed by atoms with E-state index in [9.17, 15) is 14.3 Å². The highest BCUT2D eigenvalue weighted by atomic mass is 19.1. The first-order chi connectivity index (χ1) is 10.1. The van der Waals surface area contributed by atoms with Crippen LogP contribution >= 0.6 is 0 Å². The third kappa shape index (κ3) is 4.03. The molecule has 0 saturated carbocycles. The van der Waals surface area contributed by atoms with Crippen LogP contribution in [0.5, 0.6) is 5.75 Å². The molecule has 0 spiro atoms. The van der Waals surface area contributed by atoms with Gasteiger partial charge in [0.25, 0.3) is 5.91 Å². The summed E-state index contributed by atoms with van der Waals surface area (Å²) in [5.41, 5.74) is 1.05. The van der Waals surface area contributed by atoms with Crippen LogP contribution in [0.3, 0.4) is 0 Å². The maximum atomic E-state index is 12.8. The Kier molecular flexibility index (Phi) is 4.90. The number of halogens is 1. The Labute approximate surface area is 122 Å². The van der Waals surface area contributed by atoms with Gasteiger partial charge in [0, 0.05) is 12.6 Å². The number of aliphatic hydroxyl groups excluding tert-OH is 1. The van der Waals surface area contributed by atoms with Crippen molar-refractivity contribution in [3.8, 4) is 5.75 Å². The summed E-state index contributed by atoms with van der Waals surface area (Å²) in [5.74, 6) is -0.0815. The third-order valence-electron chi connectivity index (χ3n) is 2.99. The fourth-order valence-corrected chi connectivity index (χ4v) is 1.83. The molecule has 0 saturated heterocycles. The first-order valence-corrected chi connectivity index (χ1v) is 6.48. The lowest BCUT2D eigenvalue weighted by atomic mass is 10.1. The molecule has 0 aliphatic rings. The molecule has 1 unspecified atom stereocenters. The van der Waals surface area contributed by atoms with Gasteiger partial charge in [-0.1, -0.05) is 18.2 Å². The van der Waals surface area contributed by atoms with Crippen LogP contribution in [0.4, 0.5) is 4.39 Å². The summed E-state index contributed by atoms with van der Waals surface area (Å²) in [7, 11) is 1.55. The zero-order valence-electron chi connectivity index (χ0n) is 11.5. The Morgan fingerprint density at radius 2 is 2.00 bits per heavy atom. The monoisotopic (exact) mass is 289 g/mol. The molecule has 0 radical (unpaired) electrons. The number of carbonyl (C=O) groups excluding carboxylic acids is 1. The molecule has 0 aromatic heterocycles. The normalized spacial score (nSPS) is 11.8. The van der Waals surface area contributed by atoms with E-state index in [0.717, 1.165) is 0 Å². The van der Waals surface area contributed by atoms with Gasteiger partial charge in [0.2, 0.25) is 0 Å². The second kappa shape index (κ2) is 6.85. The Bertz CT molecular complexity index is 613. The van der Waals surface area contributed by atoms with E-state index in [0.29, 0.717) is 16.9 Å². The Hall–Kier alpha value is -2.40. The quantitative estimate of drug-likeness (QED) is 0.888. The number of rotatable bonds is 5. The maximum absolute atomic E-state index is 12.8. The van der Waals surface area contributed by atoms with E-state index in [4.69, 9.17) is 4.74 Å². The SMILES string of the molecule is CNC(=O)c1cccc(OCC(O)c2ccc(F)cc2)c1. The highest BCUT2D eigenvalue weighted by molar-refractivity contribution is 5.94. The Morgan fingerprint density at radius 1 is 1.29 bits per heavy atom. The summed E-state index contributed by atoms with van der Waals surface area (Å²) in [5, 5.41) is 12.5. The molecule has 1 atom stereocenters. The van der Waals surface area contributed by atoms with Crippen molar-refractivity contribution < 1.29 is 19.0 Å². The van der Waals surface area contributed by atoms with E-state index < -0.39 is 6.10 Å². The molecule has 110 valence electrons. The van der Waals surface area contributed by atoms with Crippen LogP contribution in [0.2, 0.25) is 0 Å². The van der Waals surface area contributed by atoms with Crippen molar-refractivity contribution in [3.63, 3.8) is 0 Å². The minimum absolute atomic E-state index is 0.0167. The number of benzene rings is 2. The van der Waals surface area contributed by atoms with Crippen molar-refractivity contribution in [2.45, 2.75) is 6.10 Å². The minimum Gasteiger partial charge on any atom is -0.491 e. The van der Waals surface area contributed by atoms with Crippen LogP contribution in [-0.2, 0) is 0 Å². The van der Waals surface area contributed by atoms with Crippen molar-refractivity contribution in [1.82, 2.24) is 5.32 Å². The second-order valence-corrected chi connectivity index (χ2v) is 4.49. The van der Waals surface area contributed by atoms with Gasteiger partial charge in [0.1, 0.15) is 24.3 Å². The summed E-state index contributed by atoms with van der Waals surface area (Å²) < 4.78 is 18.3. The first-order valence-electron chi connectivity index (χ1n) is 6.48. The minimum atomic E-state index is -0.866. The van der Waals surface area contributed by atoms with Crippen LogP contribution in [0, 0.1) is 5.82 Å². The summed E-state index contributed by atoms with van der Waals surface area (Å²) in [4.78, 5) is 11.5. The number of carbonyl (C=O) groups is 1.